The van der Waals surface area contributed by atoms with Crippen molar-refractivity contribution in [2.24, 2.45) is 0 Å². The van der Waals surface area contributed by atoms with E-state index in [1.807, 2.05) is 0 Å². The monoisotopic (exact) mass is 302 g/mol. The third-order valence-electron chi connectivity index (χ3n) is 1.16. The maximum absolute atomic E-state index is 12.1. The molecule has 0 rings (SSSR count). The van der Waals surface area contributed by atoms with E-state index in [-0.39, 0.29) is 51.4 Å². The Bertz CT molecular complexity index is 334. The van der Waals surface area contributed by atoms with Gasteiger partial charge in [-0.1, -0.05) is 0 Å². The molecule has 0 aromatic heterocycles. The first-order valence-electron chi connectivity index (χ1n) is 2.98. The van der Waals surface area contributed by atoms with Gasteiger partial charge in [-0.05, 0) is 0 Å². The summed E-state index contributed by atoms with van der Waals surface area (Å²) in [6, 6.07) is 0. The molecule has 0 aliphatic heterocycles. The summed E-state index contributed by atoms with van der Waals surface area (Å²) in [6.45, 7) is 0. The second-order valence-corrected chi connectivity index (χ2v) is 3.89. The number of rotatable bonds is 3. The number of halogens is 7. The molecular formula is C4H2F7KO3S. The predicted molar refractivity (Wildman–Crippen MR) is 30.3 cm³/mol. The normalized spacial score (nSPS) is 14.5. The van der Waals surface area contributed by atoms with E-state index in [4.69, 9.17) is 0 Å². The van der Waals surface area contributed by atoms with E-state index in [1.165, 1.54) is 0 Å². The summed E-state index contributed by atoms with van der Waals surface area (Å²) in [6.07, 6.45) is -9.12. The average Bonchev–Trinajstić information content (AvgIpc) is 1.77. The molecule has 0 aliphatic carbocycles. The standard InChI is InChI=1S/C4H3F7O3S.K/c5-2(6,1-3(7,8)9)4(10,11)15(12,13)14;/h1H2,(H,12,13,14);/q;+1/p-1. The number of alkyl halides is 7. The zero-order valence-corrected chi connectivity index (χ0v) is 11.4. The van der Waals surface area contributed by atoms with Gasteiger partial charge in [-0.3, -0.25) is 0 Å². The maximum Gasteiger partial charge on any atom is 1.00 e. The summed E-state index contributed by atoms with van der Waals surface area (Å²) >= 11 is 0. The molecule has 0 fully saturated rings. The van der Waals surface area contributed by atoms with Crippen molar-refractivity contribution in [2.75, 3.05) is 0 Å². The molecule has 0 bridgehead atoms. The van der Waals surface area contributed by atoms with Crippen LogP contribution in [0.2, 0.25) is 0 Å². The predicted octanol–water partition coefficient (Wildman–Crippen LogP) is -1.28. The van der Waals surface area contributed by atoms with Gasteiger partial charge in [0, 0.05) is 0 Å². The molecule has 16 heavy (non-hydrogen) atoms. The van der Waals surface area contributed by atoms with Crippen molar-refractivity contribution in [2.45, 2.75) is 23.8 Å². The summed E-state index contributed by atoms with van der Waals surface area (Å²) in [7, 11) is -6.87. The summed E-state index contributed by atoms with van der Waals surface area (Å²) in [4.78, 5) is 0. The summed E-state index contributed by atoms with van der Waals surface area (Å²) < 4.78 is 111. The molecule has 0 atom stereocenters. The Hall–Kier alpha value is 1.06. The van der Waals surface area contributed by atoms with Gasteiger partial charge in [0.1, 0.15) is 6.42 Å². The first-order chi connectivity index (χ1) is 6.21. The smallest absolute Gasteiger partial charge is 0.743 e. The van der Waals surface area contributed by atoms with Crippen molar-refractivity contribution in [3.05, 3.63) is 0 Å². The van der Waals surface area contributed by atoms with Crippen LogP contribution in [0.25, 0.3) is 0 Å². The molecule has 0 radical (unpaired) electrons. The number of hydrogen-bond acceptors (Lipinski definition) is 3. The van der Waals surface area contributed by atoms with Gasteiger partial charge in [-0.2, -0.15) is 30.7 Å². The minimum Gasteiger partial charge on any atom is -0.743 e. The largest absolute Gasteiger partial charge is 1.00 e. The number of hydrogen-bond donors (Lipinski definition) is 0. The summed E-state index contributed by atoms with van der Waals surface area (Å²) in [5.41, 5.74) is 0. The van der Waals surface area contributed by atoms with Crippen LogP contribution in [-0.2, 0) is 10.1 Å². The molecule has 0 spiro atoms. The van der Waals surface area contributed by atoms with Crippen molar-refractivity contribution in [3.8, 4) is 0 Å². The fourth-order valence-electron chi connectivity index (χ4n) is 0.538. The molecular weight excluding hydrogens is 300 g/mol. The van der Waals surface area contributed by atoms with E-state index in [1.54, 1.807) is 0 Å². The molecule has 0 aromatic carbocycles. The minimum absolute atomic E-state index is 0. The zero-order valence-electron chi connectivity index (χ0n) is 7.49. The van der Waals surface area contributed by atoms with Gasteiger partial charge >= 0.3 is 68.7 Å². The SMILES string of the molecule is O=S(=O)([O-])C(F)(F)C(F)(F)CC(F)(F)F.[K+]. The van der Waals surface area contributed by atoms with Crippen LogP contribution in [0.4, 0.5) is 30.7 Å². The van der Waals surface area contributed by atoms with Crippen molar-refractivity contribution in [1.29, 1.82) is 0 Å². The quantitative estimate of drug-likeness (QED) is 0.370. The Morgan fingerprint density at radius 3 is 1.44 bits per heavy atom. The second kappa shape index (κ2) is 5.36. The molecule has 0 heterocycles. The third kappa shape index (κ3) is 4.74. The van der Waals surface area contributed by atoms with Crippen LogP contribution >= 0.6 is 0 Å². The molecule has 92 valence electrons. The van der Waals surface area contributed by atoms with E-state index in [9.17, 15) is 43.7 Å². The minimum atomic E-state index is -6.87. The van der Waals surface area contributed by atoms with Crippen LogP contribution in [0.1, 0.15) is 6.42 Å². The fourth-order valence-corrected chi connectivity index (χ4v) is 0.975. The van der Waals surface area contributed by atoms with E-state index in [2.05, 4.69) is 0 Å². The van der Waals surface area contributed by atoms with E-state index in [0.717, 1.165) is 0 Å². The topological polar surface area (TPSA) is 57.2 Å². The molecule has 0 saturated heterocycles. The van der Waals surface area contributed by atoms with Crippen molar-refractivity contribution < 1.29 is 95.1 Å². The molecule has 0 N–H and O–H groups in total. The first-order valence-corrected chi connectivity index (χ1v) is 4.39. The van der Waals surface area contributed by atoms with Crippen molar-refractivity contribution in [3.63, 3.8) is 0 Å². The van der Waals surface area contributed by atoms with E-state index >= 15 is 0 Å². The molecule has 3 nitrogen and oxygen atoms in total. The second-order valence-electron chi connectivity index (χ2n) is 2.47. The van der Waals surface area contributed by atoms with Crippen LogP contribution in [0.3, 0.4) is 0 Å². The van der Waals surface area contributed by atoms with Crippen LogP contribution < -0.4 is 51.4 Å². The van der Waals surface area contributed by atoms with E-state index in [0.29, 0.717) is 0 Å². The summed E-state index contributed by atoms with van der Waals surface area (Å²) in [5, 5.41) is -6.30. The summed E-state index contributed by atoms with van der Waals surface area (Å²) in [5.74, 6) is -5.99. The van der Waals surface area contributed by atoms with Gasteiger partial charge in [0.2, 0.25) is 0 Å². The average molecular weight is 302 g/mol. The van der Waals surface area contributed by atoms with Crippen LogP contribution in [0, 0.1) is 0 Å². The Balaban J connectivity index is 0. The Morgan fingerprint density at radius 2 is 1.25 bits per heavy atom. The first kappa shape index (κ1) is 19.4. The van der Waals surface area contributed by atoms with Gasteiger partial charge in [0.25, 0.3) is 0 Å². The van der Waals surface area contributed by atoms with Crippen LogP contribution in [0.15, 0.2) is 0 Å². The van der Waals surface area contributed by atoms with Crippen LogP contribution in [-0.4, -0.2) is 30.3 Å². The van der Waals surface area contributed by atoms with Gasteiger partial charge < -0.3 is 4.55 Å². The Kier molecular flexibility index (Phi) is 6.50. The van der Waals surface area contributed by atoms with Gasteiger partial charge in [-0.25, -0.2) is 8.42 Å². The fraction of sp³-hybridized carbons (Fsp3) is 1.00. The third-order valence-corrected chi connectivity index (χ3v) is 2.09. The molecule has 0 aromatic rings. The van der Waals surface area contributed by atoms with Crippen molar-refractivity contribution in [1.82, 2.24) is 0 Å². The van der Waals surface area contributed by atoms with Crippen molar-refractivity contribution >= 4 is 10.1 Å². The maximum atomic E-state index is 12.1. The van der Waals surface area contributed by atoms with Gasteiger partial charge in [-0.15, -0.1) is 0 Å². The van der Waals surface area contributed by atoms with Gasteiger partial charge in [0.15, 0.2) is 10.1 Å². The molecule has 12 heteroatoms. The van der Waals surface area contributed by atoms with Gasteiger partial charge in [0.05, 0.1) is 0 Å². The van der Waals surface area contributed by atoms with E-state index < -0.39 is 33.9 Å². The molecule has 0 saturated carbocycles. The Morgan fingerprint density at radius 1 is 0.938 bits per heavy atom. The Labute approximate surface area is 128 Å². The van der Waals surface area contributed by atoms with Crippen LogP contribution in [0.5, 0.6) is 0 Å². The zero-order chi connectivity index (χ0) is 12.7. The molecule has 0 unspecified atom stereocenters. The molecule has 0 aliphatic rings. The molecule has 0 amide bonds.